The van der Waals surface area contributed by atoms with E-state index in [-0.39, 0.29) is 5.91 Å². The highest BCUT2D eigenvalue weighted by molar-refractivity contribution is 5.94. The first kappa shape index (κ1) is 14.0. The number of amides is 1. The average Bonchev–Trinajstić information content (AvgIpc) is 2.49. The average molecular weight is 261 g/mol. The molecule has 1 aliphatic rings. The van der Waals surface area contributed by atoms with Crippen LogP contribution in [0.5, 0.6) is 0 Å². The number of rotatable bonds is 4. The molecule has 0 radical (unpaired) electrons. The van der Waals surface area contributed by atoms with E-state index in [9.17, 15) is 4.79 Å². The molecular formula is C15H23N3O. The van der Waals surface area contributed by atoms with Crippen LogP contribution < -0.4 is 5.73 Å². The fourth-order valence-corrected chi connectivity index (χ4v) is 3.06. The Bertz CT molecular complexity index is 407. The normalized spacial score (nSPS) is 23.1. The molecule has 2 unspecified atom stereocenters. The zero-order valence-electron chi connectivity index (χ0n) is 11.6. The summed E-state index contributed by atoms with van der Waals surface area (Å²) in [7, 11) is 0. The molecule has 2 N–H and O–H groups in total. The van der Waals surface area contributed by atoms with E-state index in [0.717, 1.165) is 24.9 Å². The van der Waals surface area contributed by atoms with Gasteiger partial charge in [0.1, 0.15) is 0 Å². The van der Waals surface area contributed by atoms with Crippen molar-refractivity contribution < 1.29 is 4.79 Å². The van der Waals surface area contributed by atoms with Gasteiger partial charge in [0, 0.05) is 30.5 Å². The fraction of sp³-hybridized carbons (Fsp3) is 0.600. The van der Waals surface area contributed by atoms with Gasteiger partial charge in [-0.1, -0.05) is 12.8 Å². The molecular weight excluding hydrogens is 238 g/mol. The van der Waals surface area contributed by atoms with E-state index in [2.05, 4.69) is 4.98 Å². The predicted octanol–water partition coefficient (Wildman–Crippen LogP) is 2.06. The van der Waals surface area contributed by atoms with Crippen LogP contribution in [0.15, 0.2) is 24.5 Å². The van der Waals surface area contributed by atoms with Gasteiger partial charge in [0.25, 0.3) is 5.91 Å². The molecule has 1 amide bonds. The predicted molar refractivity (Wildman–Crippen MR) is 75.7 cm³/mol. The second-order valence-corrected chi connectivity index (χ2v) is 5.17. The first-order valence-corrected chi connectivity index (χ1v) is 7.19. The van der Waals surface area contributed by atoms with Crippen LogP contribution in [-0.4, -0.2) is 34.9 Å². The lowest BCUT2D eigenvalue weighted by Gasteiger charge is -2.39. The maximum atomic E-state index is 12.6. The van der Waals surface area contributed by atoms with Crippen molar-refractivity contribution in [2.75, 3.05) is 13.1 Å². The van der Waals surface area contributed by atoms with Gasteiger partial charge in [-0.2, -0.15) is 0 Å². The van der Waals surface area contributed by atoms with Crippen LogP contribution >= 0.6 is 0 Å². The third-order valence-corrected chi connectivity index (χ3v) is 4.10. The van der Waals surface area contributed by atoms with Crippen molar-refractivity contribution in [1.82, 2.24) is 9.88 Å². The monoisotopic (exact) mass is 261 g/mol. The Hall–Kier alpha value is -1.42. The van der Waals surface area contributed by atoms with Gasteiger partial charge in [0.05, 0.1) is 0 Å². The Morgan fingerprint density at radius 1 is 1.37 bits per heavy atom. The molecule has 1 saturated carbocycles. The quantitative estimate of drug-likeness (QED) is 0.902. The van der Waals surface area contributed by atoms with Crippen molar-refractivity contribution >= 4 is 5.91 Å². The molecule has 2 rings (SSSR count). The van der Waals surface area contributed by atoms with Gasteiger partial charge in [-0.05, 0) is 44.4 Å². The zero-order chi connectivity index (χ0) is 13.7. The standard InChI is InChI=1S/C15H23N3O/c1-2-18(14-6-4-3-5-13(14)11-16)15(19)12-7-9-17-10-8-12/h7-10,13-14H,2-6,11,16H2,1H3. The van der Waals surface area contributed by atoms with E-state index in [1.165, 1.54) is 12.8 Å². The number of pyridine rings is 1. The summed E-state index contributed by atoms with van der Waals surface area (Å²) < 4.78 is 0. The van der Waals surface area contributed by atoms with E-state index in [4.69, 9.17) is 5.73 Å². The van der Waals surface area contributed by atoms with Gasteiger partial charge < -0.3 is 10.6 Å². The van der Waals surface area contributed by atoms with Crippen LogP contribution in [-0.2, 0) is 0 Å². The van der Waals surface area contributed by atoms with Crippen LogP contribution in [0.1, 0.15) is 43.0 Å². The number of aromatic nitrogens is 1. The largest absolute Gasteiger partial charge is 0.336 e. The second kappa shape index (κ2) is 6.66. The molecule has 1 aliphatic carbocycles. The number of nitrogens with zero attached hydrogens (tertiary/aromatic N) is 2. The van der Waals surface area contributed by atoms with Crippen molar-refractivity contribution in [3.63, 3.8) is 0 Å². The molecule has 0 saturated heterocycles. The van der Waals surface area contributed by atoms with Crippen LogP contribution in [0.3, 0.4) is 0 Å². The molecule has 1 heterocycles. The summed E-state index contributed by atoms with van der Waals surface area (Å²) in [6, 6.07) is 3.86. The van der Waals surface area contributed by atoms with Crippen molar-refractivity contribution in [2.45, 2.75) is 38.6 Å². The van der Waals surface area contributed by atoms with Crippen molar-refractivity contribution in [1.29, 1.82) is 0 Å². The highest BCUT2D eigenvalue weighted by atomic mass is 16.2. The number of carbonyl (C=O) groups is 1. The smallest absolute Gasteiger partial charge is 0.254 e. The number of hydrogen-bond acceptors (Lipinski definition) is 3. The number of carbonyl (C=O) groups excluding carboxylic acids is 1. The summed E-state index contributed by atoms with van der Waals surface area (Å²) in [6.07, 6.45) is 7.99. The lowest BCUT2D eigenvalue weighted by atomic mass is 9.83. The second-order valence-electron chi connectivity index (χ2n) is 5.17. The van der Waals surface area contributed by atoms with E-state index in [1.54, 1.807) is 24.5 Å². The molecule has 2 atom stereocenters. The molecule has 4 nitrogen and oxygen atoms in total. The van der Waals surface area contributed by atoms with Gasteiger partial charge in [-0.15, -0.1) is 0 Å². The van der Waals surface area contributed by atoms with Gasteiger partial charge in [-0.25, -0.2) is 0 Å². The summed E-state index contributed by atoms with van der Waals surface area (Å²) in [5.74, 6) is 0.551. The van der Waals surface area contributed by atoms with E-state index < -0.39 is 0 Å². The molecule has 0 bridgehead atoms. The molecule has 19 heavy (non-hydrogen) atoms. The maximum absolute atomic E-state index is 12.6. The molecule has 1 fully saturated rings. The van der Waals surface area contributed by atoms with E-state index in [0.29, 0.717) is 18.5 Å². The molecule has 1 aromatic heterocycles. The SMILES string of the molecule is CCN(C(=O)c1ccncc1)C1CCCCC1CN. The molecule has 4 heteroatoms. The summed E-state index contributed by atoms with van der Waals surface area (Å²) in [4.78, 5) is 18.6. The zero-order valence-corrected chi connectivity index (χ0v) is 11.6. The van der Waals surface area contributed by atoms with Crippen molar-refractivity contribution in [3.05, 3.63) is 30.1 Å². The van der Waals surface area contributed by atoms with Crippen LogP contribution in [0, 0.1) is 5.92 Å². The first-order chi connectivity index (χ1) is 9.27. The number of hydrogen-bond donors (Lipinski definition) is 1. The van der Waals surface area contributed by atoms with E-state index >= 15 is 0 Å². The summed E-state index contributed by atoms with van der Waals surface area (Å²) in [6.45, 7) is 3.45. The van der Waals surface area contributed by atoms with Gasteiger partial charge in [0.15, 0.2) is 0 Å². The lowest BCUT2D eigenvalue weighted by Crippen LogP contribution is -2.48. The minimum Gasteiger partial charge on any atom is -0.336 e. The van der Waals surface area contributed by atoms with Gasteiger partial charge in [-0.3, -0.25) is 9.78 Å². The van der Waals surface area contributed by atoms with Gasteiger partial charge >= 0.3 is 0 Å². The minimum absolute atomic E-state index is 0.107. The Morgan fingerprint density at radius 3 is 2.68 bits per heavy atom. The Balaban J connectivity index is 2.16. The van der Waals surface area contributed by atoms with Crippen LogP contribution in [0.4, 0.5) is 0 Å². The molecule has 1 aromatic rings. The first-order valence-electron chi connectivity index (χ1n) is 7.19. The third-order valence-electron chi connectivity index (χ3n) is 4.10. The van der Waals surface area contributed by atoms with E-state index in [1.807, 2.05) is 11.8 Å². The highest BCUT2D eigenvalue weighted by Crippen LogP contribution is 2.28. The summed E-state index contributed by atoms with van der Waals surface area (Å²) >= 11 is 0. The minimum atomic E-state index is 0.107. The van der Waals surface area contributed by atoms with Crippen LogP contribution in [0.2, 0.25) is 0 Å². The highest BCUT2D eigenvalue weighted by Gasteiger charge is 2.31. The Kier molecular flexibility index (Phi) is 4.91. The summed E-state index contributed by atoms with van der Waals surface area (Å²) in [5.41, 5.74) is 6.60. The van der Waals surface area contributed by atoms with Gasteiger partial charge in [0.2, 0.25) is 0 Å². The molecule has 0 spiro atoms. The van der Waals surface area contributed by atoms with Crippen molar-refractivity contribution in [2.24, 2.45) is 11.7 Å². The molecule has 104 valence electrons. The fourth-order valence-electron chi connectivity index (χ4n) is 3.06. The van der Waals surface area contributed by atoms with Crippen molar-refractivity contribution in [3.8, 4) is 0 Å². The number of nitrogens with two attached hydrogens (primary N) is 1. The Morgan fingerprint density at radius 2 is 2.05 bits per heavy atom. The topological polar surface area (TPSA) is 59.2 Å². The van der Waals surface area contributed by atoms with Crippen LogP contribution in [0.25, 0.3) is 0 Å². The maximum Gasteiger partial charge on any atom is 0.254 e. The lowest BCUT2D eigenvalue weighted by molar-refractivity contribution is 0.0560. The summed E-state index contributed by atoms with van der Waals surface area (Å²) in [5, 5.41) is 0. The molecule has 0 aliphatic heterocycles. The Labute approximate surface area is 115 Å². The molecule has 0 aromatic carbocycles. The third kappa shape index (κ3) is 3.13.